The molecule has 1 fully saturated rings. The fraction of sp³-hybridized carbons (Fsp3) is 1.00. The smallest absolute Gasteiger partial charge is 0.114 e. The molecule has 0 saturated carbocycles. The third kappa shape index (κ3) is 3.61. The lowest BCUT2D eigenvalue weighted by atomic mass is 9.95. The molecule has 1 aliphatic rings. The summed E-state index contributed by atoms with van der Waals surface area (Å²) in [6.45, 7) is 3.16. The van der Waals surface area contributed by atoms with Crippen LogP contribution in [0.3, 0.4) is 0 Å². The van der Waals surface area contributed by atoms with Crippen LogP contribution in [-0.4, -0.2) is 70.3 Å². The fourth-order valence-corrected chi connectivity index (χ4v) is 1.81. The Morgan fingerprint density at radius 3 is 2.47 bits per heavy atom. The molecule has 0 spiro atoms. The molecular weight excluding hydrogens is 228 g/mol. The lowest BCUT2D eigenvalue weighted by Crippen LogP contribution is -2.59. The van der Waals surface area contributed by atoms with E-state index in [1.807, 2.05) is 6.92 Å². The van der Waals surface area contributed by atoms with Crippen molar-refractivity contribution in [1.29, 1.82) is 0 Å². The van der Waals surface area contributed by atoms with Gasteiger partial charge in [-0.25, -0.2) is 0 Å². The molecule has 1 saturated heterocycles. The molecule has 0 aliphatic carbocycles. The summed E-state index contributed by atoms with van der Waals surface area (Å²) in [6, 6.07) is 0. The zero-order valence-electron chi connectivity index (χ0n) is 10.2. The predicted molar refractivity (Wildman–Crippen MR) is 59.5 cm³/mol. The number of rotatable bonds is 5. The van der Waals surface area contributed by atoms with Crippen LogP contribution in [0.25, 0.3) is 0 Å². The zero-order valence-corrected chi connectivity index (χ0v) is 10.2. The van der Waals surface area contributed by atoms with Gasteiger partial charge in [-0.05, 0) is 13.3 Å². The summed E-state index contributed by atoms with van der Waals surface area (Å²) in [5.41, 5.74) is 0. The van der Waals surface area contributed by atoms with Crippen LogP contribution in [0, 0.1) is 0 Å². The maximum absolute atomic E-state index is 9.85. The summed E-state index contributed by atoms with van der Waals surface area (Å²) < 4.78 is 10.6. The summed E-state index contributed by atoms with van der Waals surface area (Å²) in [4.78, 5) is 0. The molecule has 0 radical (unpaired) electrons. The van der Waals surface area contributed by atoms with Crippen molar-refractivity contribution in [2.75, 3.05) is 13.2 Å². The Labute approximate surface area is 101 Å². The van der Waals surface area contributed by atoms with E-state index in [1.54, 1.807) is 6.92 Å². The van der Waals surface area contributed by atoms with Crippen LogP contribution in [-0.2, 0) is 9.47 Å². The molecule has 0 amide bonds. The quantitative estimate of drug-likeness (QED) is 0.481. The first-order chi connectivity index (χ1) is 8.01. The Morgan fingerprint density at radius 2 is 1.94 bits per heavy atom. The number of hydrogen-bond acceptors (Lipinski definition) is 6. The van der Waals surface area contributed by atoms with Gasteiger partial charge in [-0.3, -0.25) is 0 Å². The van der Waals surface area contributed by atoms with Gasteiger partial charge in [0, 0.05) is 0 Å². The summed E-state index contributed by atoms with van der Waals surface area (Å²) in [7, 11) is 0. The maximum Gasteiger partial charge on any atom is 0.114 e. The zero-order chi connectivity index (χ0) is 13.0. The van der Waals surface area contributed by atoms with Gasteiger partial charge in [0.1, 0.15) is 24.4 Å². The van der Waals surface area contributed by atoms with Gasteiger partial charge >= 0.3 is 0 Å². The minimum Gasteiger partial charge on any atom is -0.394 e. The van der Waals surface area contributed by atoms with Crippen LogP contribution in [0.1, 0.15) is 20.3 Å². The van der Waals surface area contributed by atoms with E-state index in [9.17, 15) is 15.3 Å². The summed E-state index contributed by atoms with van der Waals surface area (Å²) in [5.74, 6) is 0. The van der Waals surface area contributed by atoms with E-state index in [0.29, 0.717) is 6.42 Å². The second kappa shape index (κ2) is 6.63. The molecule has 6 nitrogen and oxygen atoms in total. The van der Waals surface area contributed by atoms with Crippen molar-refractivity contribution in [3.05, 3.63) is 0 Å². The van der Waals surface area contributed by atoms with Crippen molar-refractivity contribution in [1.82, 2.24) is 0 Å². The Hall–Kier alpha value is -0.240. The SMILES string of the molecule is CCC(O)COC1C(O)C(C)OC(CO)C1O. The summed E-state index contributed by atoms with van der Waals surface area (Å²) in [6.07, 6.45) is -4.31. The Morgan fingerprint density at radius 1 is 1.29 bits per heavy atom. The molecule has 4 N–H and O–H groups in total. The third-order valence-electron chi connectivity index (χ3n) is 3.06. The summed E-state index contributed by atoms with van der Waals surface area (Å²) >= 11 is 0. The second-order valence-electron chi connectivity index (χ2n) is 4.40. The molecule has 1 heterocycles. The molecule has 0 aromatic carbocycles. The molecule has 0 aromatic heterocycles. The number of hydrogen-bond donors (Lipinski definition) is 4. The van der Waals surface area contributed by atoms with E-state index in [0.717, 1.165) is 0 Å². The van der Waals surface area contributed by atoms with E-state index in [2.05, 4.69) is 0 Å². The average molecular weight is 250 g/mol. The van der Waals surface area contributed by atoms with Crippen molar-refractivity contribution in [2.45, 2.75) is 56.9 Å². The first-order valence-electron chi connectivity index (χ1n) is 5.93. The number of aliphatic hydroxyl groups is 4. The maximum atomic E-state index is 9.85. The molecule has 0 bridgehead atoms. The topological polar surface area (TPSA) is 99.4 Å². The molecule has 17 heavy (non-hydrogen) atoms. The van der Waals surface area contributed by atoms with E-state index in [4.69, 9.17) is 14.6 Å². The monoisotopic (exact) mass is 250 g/mol. The minimum atomic E-state index is -1.10. The van der Waals surface area contributed by atoms with E-state index < -0.39 is 36.6 Å². The summed E-state index contributed by atoms with van der Waals surface area (Å²) in [5, 5.41) is 38.1. The fourth-order valence-electron chi connectivity index (χ4n) is 1.81. The molecular formula is C11H22O6. The van der Waals surface area contributed by atoms with Crippen LogP contribution >= 0.6 is 0 Å². The highest BCUT2D eigenvalue weighted by molar-refractivity contribution is 4.91. The van der Waals surface area contributed by atoms with Gasteiger partial charge < -0.3 is 29.9 Å². The van der Waals surface area contributed by atoms with Gasteiger partial charge in [0.15, 0.2) is 0 Å². The van der Waals surface area contributed by atoms with Crippen LogP contribution in [0.4, 0.5) is 0 Å². The van der Waals surface area contributed by atoms with Crippen molar-refractivity contribution in [2.24, 2.45) is 0 Å². The average Bonchev–Trinajstić information content (AvgIpc) is 2.33. The highest BCUT2D eigenvalue weighted by Crippen LogP contribution is 2.23. The van der Waals surface area contributed by atoms with Crippen molar-refractivity contribution in [3.63, 3.8) is 0 Å². The van der Waals surface area contributed by atoms with Crippen LogP contribution < -0.4 is 0 Å². The standard InChI is InChI=1S/C11H22O6/c1-3-7(13)5-16-11-9(14)6(2)17-8(4-12)10(11)15/h6-15H,3-5H2,1-2H3. The van der Waals surface area contributed by atoms with Gasteiger partial charge in [0.05, 0.1) is 25.4 Å². The van der Waals surface area contributed by atoms with Crippen molar-refractivity contribution >= 4 is 0 Å². The molecule has 1 rings (SSSR count). The van der Waals surface area contributed by atoms with E-state index in [1.165, 1.54) is 0 Å². The molecule has 6 atom stereocenters. The van der Waals surface area contributed by atoms with Crippen LogP contribution in [0.5, 0.6) is 0 Å². The number of ether oxygens (including phenoxy) is 2. The highest BCUT2D eigenvalue weighted by Gasteiger charge is 2.43. The molecule has 0 aromatic rings. The largest absolute Gasteiger partial charge is 0.394 e. The Balaban J connectivity index is 2.58. The molecule has 6 heteroatoms. The lowest BCUT2D eigenvalue weighted by molar-refractivity contribution is -0.240. The van der Waals surface area contributed by atoms with Gasteiger partial charge in [-0.15, -0.1) is 0 Å². The second-order valence-corrected chi connectivity index (χ2v) is 4.40. The minimum absolute atomic E-state index is 0.0418. The van der Waals surface area contributed by atoms with Gasteiger partial charge in [-0.1, -0.05) is 6.92 Å². The Kier molecular flexibility index (Phi) is 5.78. The normalized spacial score (nSPS) is 40.2. The van der Waals surface area contributed by atoms with Gasteiger partial charge in [0.2, 0.25) is 0 Å². The van der Waals surface area contributed by atoms with Gasteiger partial charge in [0.25, 0.3) is 0 Å². The van der Waals surface area contributed by atoms with Crippen LogP contribution in [0.15, 0.2) is 0 Å². The van der Waals surface area contributed by atoms with E-state index in [-0.39, 0.29) is 13.2 Å². The lowest BCUT2D eigenvalue weighted by Gasteiger charge is -2.41. The van der Waals surface area contributed by atoms with Gasteiger partial charge in [-0.2, -0.15) is 0 Å². The Bertz CT molecular complexity index is 224. The first-order valence-corrected chi connectivity index (χ1v) is 5.93. The van der Waals surface area contributed by atoms with E-state index >= 15 is 0 Å². The van der Waals surface area contributed by atoms with Crippen molar-refractivity contribution < 1.29 is 29.9 Å². The highest BCUT2D eigenvalue weighted by atomic mass is 16.6. The van der Waals surface area contributed by atoms with Crippen molar-refractivity contribution in [3.8, 4) is 0 Å². The predicted octanol–water partition coefficient (Wildman–Crippen LogP) is -1.36. The van der Waals surface area contributed by atoms with Crippen LogP contribution in [0.2, 0.25) is 0 Å². The molecule has 6 unspecified atom stereocenters. The third-order valence-corrected chi connectivity index (χ3v) is 3.06. The molecule has 1 aliphatic heterocycles. The first kappa shape index (κ1) is 14.8. The molecule has 102 valence electrons. The number of aliphatic hydroxyl groups excluding tert-OH is 4.